The lowest BCUT2D eigenvalue weighted by molar-refractivity contribution is 0.628. The zero-order chi connectivity index (χ0) is 12.3. The van der Waals surface area contributed by atoms with Gasteiger partial charge in [0.1, 0.15) is 0 Å². The second-order valence-corrected chi connectivity index (χ2v) is 4.06. The normalized spacial score (nSPS) is 12.4. The summed E-state index contributed by atoms with van der Waals surface area (Å²) in [5.74, 6) is 5.66. The number of nitrogens with one attached hydrogen (secondary N) is 1. The van der Waals surface area contributed by atoms with Crippen LogP contribution in [0.5, 0.6) is 0 Å². The first-order valence-corrected chi connectivity index (χ1v) is 5.53. The fourth-order valence-electron chi connectivity index (χ4n) is 1.92. The van der Waals surface area contributed by atoms with E-state index in [1.54, 1.807) is 12.4 Å². The largest absolute Gasteiger partial charge is 0.271 e. The molecule has 1 atom stereocenters. The molecule has 17 heavy (non-hydrogen) atoms. The number of aromatic nitrogens is 2. The molecule has 2 aromatic rings. The Kier molecular flexibility index (Phi) is 3.46. The molecule has 0 aliphatic carbocycles. The number of benzene rings is 1. The van der Waals surface area contributed by atoms with Crippen LogP contribution in [0, 0.1) is 13.8 Å². The van der Waals surface area contributed by atoms with Gasteiger partial charge in [0.2, 0.25) is 0 Å². The van der Waals surface area contributed by atoms with E-state index in [-0.39, 0.29) is 6.04 Å². The Balaban J connectivity index is 2.46. The fraction of sp³-hybridized carbons (Fsp3) is 0.231. The van der Waals surface area contributed by atoms with E-state index < -0.39 is 0 Å². The monoisotopic (exact) mass is 228 g/mol. The van der Waals surface area contributed by atoms with Gasteiger partial charge in [0.15, 0.2) is 0 Å². The second-order valence-electron chi connectivity index (χ2n) is 4.06. The fourth-order valence-corrected chi connectivity index (χ4v) is 1.92. The van der Waals surface area contributed by atoms with Crippen molar-refractivity contribution in [3.8, 4) is 0 Å². The van der Waals surface area contributed by atoms with Crippen LogP contribution >= 0.6 is 0 Å². The summed E-state index contributed by atoms with van der Waals surface area (Å²) < 4.78 is 0. The minimum absolute atomic E-state index is 0.0506. The van der Waals surface area contributed by atoms with Crippen LogP contribution in [0.2, 0.25) is 0 Å². The first-order valence-electron chi connectivity index (χ1n) is 5.53. The van der Waals surface area contributed by atoms with E-state index in [1.807, 2.05) is 12.1 Å². The number of nitrogens with zero attached hydrogens (tertiary/aromatic N) is 2. The third-order valence-corrected chi connectivity index (χ3v) is 3.06. The van der Waals surface area contributed by atoms with Crippen LogP contribution in [0.4, 0.5) is 0 Å². The van der Waals surface area contributed by atoms with Gasteiger partial charge in [0.05, 0.1) is 12.2 Å². The Labute approximate surface area is 101 Å². The highest BCUT2D eigenvalue weighted by molar-refractivity contribution is 5.39. The molecule has 0 amide bonds. The smallest absolute Gasteiger partial charge is 0.0728 e. The lowest BCUT2D eigenvalue weighted by Gasteiger charge is -2.19. The molecule has 0 saturated heterocycles. The number of hydrogen-bond acceptors (Lipinski definition) is 4. The van der Waals surface area contributed by atoms with Gasteiger partial charge in [-0.15, -0.1) is 0 Å². The van der Waals surface area contributed by atoms with E-state index in [0.717, 1.165) is 5.56 Å². The number of hydrogen-bond donors (Lipinski definition) is 2. The first-order chi connectivity index (χ1) is 8.24. The van der Waals surface area contributed by atoms with Gasteiger partial charge in [-0.25, -0.2) is 5.43 Å². The quantitative estimate of drug-likeness (QED) is 0.619. The van der Waals surface area contributed by atoms with Gasteiger partial charge in [0.25, 0.3) is 0 Å². The van der Waals surface area contributed by atoms with Crippen LogP contribution in [0.3, 0.4) is 0 Å². The van der Waals surface area contributed by atoms with E-state index in [1.165, 1.54) is 16.7 Å². The van der Waals surface area contributed by atoms with Crippen LogP contribution in [0.1, 0.15) is 28.3 Å². The van der Waals surface area contributed by atoms with E-state index in [2.05, 4.69) is 41.6 Å². The first kappa shape index (κ1) is 11.7. The van der Waals surface area contributed by atoms with Gasteiger partial charge < -0.3 is 0 Å². The topological polar surface area (TPSA) is 63.8 Å². The SMILES string of the molecule is Cc1cccc(C(NN)c2ccnnc2)c1C. The van der Waals surface area contributed by atoms with Crippen molar-refractivity contribution in [2.45, 2.75) is 19.9 Å². The Morgan fingerprint density at radius 3 is 2.65 bits per heavy atom. The van der Waals surface area contributed by atoms with Crippen molar-refractivity contribution in [3.63, 3.8) is 0 Å². The average Bonchev–Trinajstić information content (AvgIpc) is 2.37. The van der Waals surface area contributed by atoms with Crippen LogP contribution in [-0.4, -0.2) is 10.2 Å². The van der Waals surface area contributed by atoms with Crippen LogP contribution in [0.15, 0.2) is 36.7 Å². The number of rotatable bonds is 3. The lowest BCUT2D eigenvalue weighted by atomic mass is 9.94. The molecule has 4 heteroatoms. The number of nitrogens with two attached hydrogens (primary N) is 1. The third kappa shape index (κ3) is 2.33. The molecule has 1 aromatic heterocycles. The van der Waals surface area contributed by atoms with Crippen molar-refractivity contribution in [1.82, 2.24) is 15.6 Å². The van der Waals surface area contributed by atoms with Crippen LogP contribution in [-0.2, 0) is 0 Å². The molecule has 0 aliphatic rings. The van der Waals surface area contributed by atoms with Gasteiger partial charge in [-0.3, -0.25) is 5.84 Å². The van der Waals surface area contributed by atoms with E-state index in [9.17, 15) is 0 Å². The Morgan fingerprint density at radius 2 is 2.00 bits per heavy atom. The predicted molar refractivity (Wildman–Crippen MR) is 67.1 cm³/mol. The van der Waals surface area contributed by atoms with Crippen molar-refractivity contribution in [1.29, 1.82) is 0 Å². The van der Waals surface area contributed by atoms with E-state index in [4.69, 9.17) is 5.84 Å². The molecule has 2 rings (SSSR count). The van der Waals surface area contributed by atoms with Gasteiger partial charge in [-0.05, 0) is 42.2 Å². The molecule has 3 N–H and O–H groups in total. The lowest BCUT2D eigenvalue weighted by Crippen LogP contribution is -2.29. The summed E-state index contributed by atoms with van der Waals surface area (Å²) in [7, 11) is 0. The second kappa shape index (κ2) is 5.03. The molecule has 0 fully saturated rings. The summed E-state index contributed by atoms with van der Waals surface area (Å²) in [4.78, 5) is 0. The highest BCUT2D eigenvalue weighted by Gasteiger charge is 2.15. The average molecular weight is 228 g/mol. The van der Waals surface area contributed by atoms with Gasteiger partial charge in [-0.1, -0.05) is 18.2 Å². The maximum Gasteiger partial charge on any atom is 0.0728 e. The predicted octanol–water partition coefficient (Wildman–Crippen LogP) is 1.65. The number of aryl methyl sites for hydroxylation is 1. The molecule has 1 aromatic carbocycles. The van der Waals surface area contributed by atoms with Crippen molar-refractivity contribution in [2.24, 2.45) is 5.84 Å². The molecule has 1 heterocycles. The molecular formula is C13H16N4. The molecular weight excluding hydrogens is 212 g/mol. The highest BCUT2D eigenvalue weighted by atomic mass is 15.2. The van der Waals surface area contributed by atoms with Crippen LogP contribution < -0.4 is 11.3 Å². The van der Waals surface area contributed by atoms with E-state index in [0.29, 0.717) is 0 Å². The zero-order valence-electron chi connectivity index (χ0n) is 10.0. The summed E-state index contributed by atoms with van der Waals surface area (Å²) >= 11 is 0. The number of hydrazine groups is 1. The molecule has 4 nitrogen and oxygen atoms in total. The molecule has 0 aliphatic heterocycles. The molecule has 88 valence electrons. The summed E-state index contributed by atoms with van der Waals surface area (Å²) in [6.45, 7) is 4.20. The summed E-state index contributed by atoms with van der Waals surface area (Å²) in [6.07, 6.45) is 3.40. The third-order valence-electron chi connectivity index (χ3n) is 3.06. The maximum atomic E-state index is 5.66. The van der Waals surface area contributed by atoms with Crippen molar-refractivity contribution >= 4 is 0 Å². The summed E-state index contributed by atoms with van der Waals surface area (Å²) in [5.41, 5.74) is 7.51. The van der Waals surface area contributed by atoms with E-state index >= 15 is 0 Å². The summed E-state index contributed by atoms with van der Waals surface area (Å²) in [5, 5.41) is 7.66. The van der Waals surface area contributed by atoms with Gasteiger partial charge >= 0.3 is 0 Å². The Bertz CT molecular complexity index is 496. The van der Waals surface area contributed by atoms with Crippen molar-refractivity contribution in [2.75, 3.05) is 0 Å². The van der Waals surface area contributed by atoms with Gasteiger partial charge in [0, 0.05) is 6.20 Å². The standard InChI is InChI=1S/C13H16N4/c1-9-4-3-5-12(10(9)2)13(17-14)11-6-7-15-16-8-11/h3-8,13,17H,14H2,1-2H3. The molecule has 0 radical (unpaired) electrons. The van der Waals surface area contributed by atoms with Crippen LogP contribution in [0.25, 0.3) is 0 Å². The van der Waals surface area contributed by atoms with Gasteiger partial charge in [-0.2, -0.15) is 10.2 Å². The summed E-state index contributed by atoms with van der Waals surface area (Å²) in [6, 6.07) is 8.07. The molecule has 1 unspecified atom stereocenters. The highest BCUT2D eigenvalue weighted by Crippen LogP contribution is 2.24. The molecule has 0 bridgehead atoms. The molecule has 0 spiro atoms. The minimum Gasteiger partial charge on any atom is -0.271 e. The van der Waals surface area contributed by atoms with Crippen molar-refractivity contribution in [3.05, 3.63) is 58.9 Å². The minimum atomic E-state index is -0.0506. The zero-order valence-corrected chi connectivity index (χ0v) is 10.0. The van der Waals surface area contributed by atoms with Crippen molar-refractivity contribution < 1.29 is 0 Å². The Morgan fingerprint density at radius 1 is 1.18 bits per heavy atom. The maximum absolute atomic E-state index is 5.66. The Hall–Kier alpha value is -1.78. The molecule has 0 saturated carbocycles.